The summed E-state index contributed by atoms with van der Waals surface area (Å²) in [5.74, 6) is 0.482. The van der Waals surface area contributed by atoms with Gasteiger partial charge in [0.05, 0.1) is 6.10 Å². The predicted molar refractivity (Wildman–Crippen MR) is 78.9 cm³/mol. The molecule has 1 aliphatic heterocycles. The van der Waals surface area contributed by atoms with Crippen molar-refractivity contribution in [3.05, 3.63) is 47.0 Å². The summed E-state index contributed by atoms with van der Waals surface area (Å²) in [7, 11) is 0. The molecule has 2 aliphatic rings. The molecule has 0 radical (unpaired) electrons. The highest BCUT2D eigenvalue weighted by Gasteiger charge is 2.32. The van der Waals surface area contributed by atoms with E-state index in [0.29, 0.717) is 5.92 Å². The molecule has 3 heterocycles. The highest BCUT2D eigenvalue weighted by molar-refractivity contribution is 5.32. The summed E-state index contributed by atoms with van der Waals surface area (Å²) >= 11 is 0. The molecule has 1 aliphatic carbocycles. The third-order valence-electron chi connectivity index (χ3n) is 4.86. The Hall–Kier alpha value is -1.48. The Morgan fingerprint density at radius 1 is 1.00 bits per heavy atom. The Morgan fingerprint density at radius 2 is 1.95 bits per heavy atom. The molecule has 2 aromatic rings. The maximum atomic E-state index is 6.27. The first-order chi connectivity index (χ1) is 9.93. The summed E-state index contributed by atoms with van der Waals surface area (Å²) < 4.78 is 6.27. The van der Waals surface area contributed by atoms with Crippen LogP contribution in [0.5, 0.6) is 0 Å². The third-order valence-corrected chi connectivity index (χ3v) is 4.86. The van der Waals surface area contributed by atoms with Crippen LogP contribution in [0.1, 0.15) is 60.2 Å². The SMILES string of the molecule is c1cc2c([nH]1)CCCOC2C1CCCCc2cc[nH]c21. The van der Waals surface area contributed by atoms with Gasteiger partial charge in [0.1, 0.15) is 0 Å². The van der Waals surface area contributed by atoms with E-state index in [2.05, 4.69) is 34.5 Å². The van der Waals surface area contributed by atoms with Crippen molar-refractivity contribution in [3.8, 4) is 0 Å². The van der Waals surface area contributed by atoms with Gasteiger partial charge in [0.15, 0.2) is 0 Å². The van der Waals surface area contributed by atoms with Gasteiger partial charge in [-0.25, -0.2) is 0 Å². The van der Waals surface area contributed by atoms with Crippen molar-refractivity contribution in [2.24, 2.45) is 0 Å². The second-order valence-corrected chi connectivity index (χ2v) is 6.08. The number of aromatic nitrogens is 2. The van der Waals surface area contributed by atoms with Gasteiger partial charge in [0, 0.05) is 41.9 Å². The van der Waals surface area contributed by atoms with Gasteiger partial charge in [-0.05, 0) is 49.8 Å². The lowest BCUT2D eigenvalue weighted by Gasteiger charge is -2.26. The molecular weight excluding hydrogens is 248 g/mol. The van der Waals surface area contributed by atoms with E-state index in [4.69, 9.17) is 4.74 Å². The Labute approximate surface area is 119 Å². The highest BCUT2D eigenvalue weighted by Crippen LogP contribution is 2.42. The molecule has 0 saturated heterocycles. The van der Waals surface area contributed by atoms with Crippen LogP contribution in [0, 0.1) is 0 Å². The second kappa shape index (κ2) is 5.13. The van der Waals surface area contributed by atoms with E-state index in [9.17, 15) is 0 Å². The molecule has 20 heavy (non-hydrogen) atoms. The number of H-pyrrole nitrogens is 2. The predicted octanol–water partition coefficient (Wildman–Crippen LogP) is 3.86. The Kier molecular flexibility index (Phi) is 3.15. The van der Waals surface area contributed by atoms with Crippen LogP contribution in [0.15, 0.2) is 24.5 Å². The van der Waals surface area contributed by atoms with Gasteiger partial charge in [0.2, 0.25) is 0 Å². The summed E-state index contributed by atoms with van der Waals surface area (Å²) in [5.41, 5.74) is 5.68. The number of ether oxygens (including phenoxy) is 1. The fourth-order valence-corrected chi connectivity index (χ4v) is 3.89. The van der Waals surface area contributed by atoms with Gasteiger partial charge in [-0.1, -0.05) is 6.42 Å². The summed E-state index contributed by atoms with van der Waals surface area (Å²) in [5, 5.41) is 0. The number of hydrogen-bond donors (Lipinski definition) is 2. The quantitative estimate of drug-likeness (QED) is 0.759. The van der Waals surface area contributed by atoms with E-state index in [1.165, 1.54) is 48.2 Å². The average Bonchev–Trinajstić information content (AvgIpc) is 3.01. The van der Waals surface area contributed by atoms with E-state index in [1.54, 1.807) is 0 Å². The lowest BCUT2D eigenvalue weighted by molar-refractivity contribution is 0.0335. The molecule has 0 saturated carbocycles. The molecule has 106 valence electrons. The number of aryl methyl sites for hydroxylation is 2. The minimum Gasteiger partial charge on any atom is -0.373 e. The van der Waals surface area contributed by atoms with Gasteiger partial charge in [0.25, 0.3) is 0 Å². The first-order valence-corrected chi connectivity index (χ1v) is 7.87. The van der Waals surface area contributed by atoms with Crippen molar-refractivity contribution < 1.29 is 4.74 Å². The molecule has 3 nitrogen and oxygen atoms in total. The van der Waals surface area contributed by atoms with Crippen molar-refractivity contribution in [1.29, 1.82) is 0 Å². The van der Waals surface area contributed by atoms with Crippen molar-refractivity contribution in [2.75, 3.05) is 6.61 Å². The van der Waals surface area contributed by atoms with Gasteiger partial charge in [-0.15, -0.1) is 0 Å². The van der Waals surface area contributed by atoms with Crippen molar-refractivity contribution >= 4 is 0 Å². The van der Waals surface area contributed by atoms with E-state index >= 15 is 0 Å². The maximum Gasteiger partial charge on any atom is 0.0925 e. The van der Waals surface area contributed by atoms with E-state index in [0.717, 1.165) is 19.4 Å². The monoisotopic (exact) mass is 270 g/mol. The molecule has 2 unspecified atom stereocenters. The fourth-order valence-electron chi connectivity index (χ4n) is 3.89. The number of nitrogens with one attached hydrogen (secondary N) is 2. The zero-order chi connectivity index (χ0) is 13.4. The topological polar surface area (TPSA) is 40.8 Å². The molecule has 2 atom stereocenters. The summed E-state index contributed by atoms with van der Waals surface area (Å²) in [6.07, 6.45) is 11.6. The van der Waals surface area contributed by atoms with Crippen LogP contribution in [0.25, 0.3) is 0 Å². The lowest BCUT2D eigenvalue weighted by Crippen LogP contribution is -2.15. The lowest BCUT2D eigenvalue weighted by atomic mass is 9.88. The van der Waals surface area contributed by atoms with Crippen molar-refractivity contribution in [2.45, 2.75) is 50.5 Å². The van der Waals surface area contributed by atoms with Gasteiger partial charge < -0.3 is 14.7 Å². The van der Waals surface area contributed by atoms with Gasteiger partial charge >= 0.3 is 0 Å². The van der Waals surface area contributed by atoms with Crippen molar-refractivity contribution in [1.82, 2.24) is 9.97 Å². The minimum atomic E-state index is 0.217. The van der Waals surface area contributed by atoms with Crippen LogP contribution in [0.3, 0.4) is 0 Å². The van der Waals surface area contributed by atoms with Crippen LogP contribution in [0.4, 0.5) is 0 Å². The molecule has 0 aromatic carbocycles. The van der Waals surface area contributed by atoms with Gasteiger partial charge in [-0.3, -0.25) is 0 Å². The molecule has 0 bridgehead atoms. The fraction of sp³-hybridized carbons (Fsp3) is 0.529. The van der Waals surface area contributed by atoms with Crippen LogP contribution in [-0.2, 0) is 17.6 Å². The number of aromatic amines is 2. The highest BCUT2D eigenvalue weighted by atomic mass is 16.5. The van der Waals surface area contributed by atoms with Crippen LogP contribution in [-0.4, -0.2) is 16.6 Å². The zero-order valence-electron chi connectivity index (χ0n) is 11.8. The molecule has 0 amide bonds. The Morgan fingerprint density at radius 3 is 2.95 bits per heavy atom. The zero-order valence-corrected chi connectivity index (χ0v) is 11.8. The third kappa shape index (κ3) is 2.01. The molecule has 4 rings (SSSR count). The molecule has 0 spiro atoms. The van der Waals surface area contributed by atoms with E-state index < -0.39 is 0 Å². The first kappa shape index (κ1) is 12.3. The number of fused-ring (bicyclic) bond motifs is 2. The van der Waals surface area contributed by atoms with E-state index in [1.807, 2.05) is 0 Å². The molecule has 2 N–H and O–H groups in total. The van der Waals surface area contributed by atoms with Crippen LogP contribution < -0.4 is 0 Å². The average molecular weight is 270 g/mol. The molecular formula is C17H22N2O. The second-order valence-electron chi connectivity index (χ2n) is 6.08. The molecule has 0 fully saturated rings. The Bertz CT molecular complexity index is 531. The normalized spacial score (nSPS) is 26.4. The largest absolute Gasteiger partial charge is 0.373 e. The minimum absolute atomic E-state index is 0.217. The van der Waals surface area contributed by atoms with Crippen molar-refractivity contribution in [3.63, 3.8) is 0 Å². The molecule has 3 heteroatoms. The maximum absolute atomic E-state index is 6.27. The summed E-state index contributed by atoms with van der Waals surface area (Å²) in [6, 6.07) is 4.47. The number of hydrogen-bond acceptors (Lipinski definition) is 1. The number of rotatable bonds is 1. The first-order valence-electron chi connectivity index (χ1n) is 7.87. The summed E-state index contributed by atoms with van der Waals surface area (Å²) in [6.45, 7) is 0.875. The van der Waals surface area contributed by atoms with Crippen LogP contribution >= 0.6 is 0 Å². The summed E-state index contributed by atoms with van der Waals surface area (Å²) in [4.78, 5) is 6.91. The van der Waals surface area contributed by atoms with Crippen LogP contribution in [0.2, 0.25) is 0 Å². The van der Waals surface area contributed by atoms with Gasteiger partial charge in [-0.2, -0.15) is 0 Å². The smallest absolute Gasteiger partial charge is 0.0925 e. The molecule has 2 aromatic heterocycles. The van der Waals surface area contributed by atoms with E-state index in [-0.39, 0.29) is 6.10 Å². The standard InChI is InChI=1S/C17H22N2O/c1-2-5-14(16-12(4-1)7-9-19-16)17-13-8-10-18-15(13)6-3-11-20-17/h7-10,14,17-19H,1-6,11H2. The Balaban J connectivity index is 1.74.